The van der Waals surface area contributed by atoms with E-state index in [1.165, 1.54) is 0 Å². The maximum Gasteiger partial charge on any atom is 0.319 e. The molecular weight excluding hydrogens is 349 g/mol. The van der Waals surface area contributed by atoms with Gasteiger partial charge in [0.05, 0.1) is 0 Å². The van der Waals surface area contributed by atoms with Gasteiger partial charge < -0.3 is 16.4 Å². The van der Waals surface area contributed by atoms with Crippen LogP contribution in [0.5, 0.6) is 0 Å². The summed E-state index contributed by atoms with van der Waals surface area (Å²) in [4.78, 5) is 23.1. The summed E-state index contributed by atoms with van der Waals surface area (Å²) >= 11 is 11.9. The van der Waals surface area contributed by atoms with Crippen molar-refractivity contribution in [2.24, 2.45) is 5.73 Å². The van der Waals surface area contributed by atoms with Gasteiger partial charge in [-0.2, -0.15) is 0 Å². The molecule has 0 radical (unpaired) electrons. The molecule has 2 rings (SSSR count). The number of aryl methyl sites for hydroxylation is 1. The minimum Gasteiger partial charge on any atom is -0.366 e. The number of rotatable bonds is 5. The molecule has 5 nitrogen and oxygen atoms in total. The lowest BCUT2D eigenvalue weighted by Gasteiger charge is -2.10. The van der Waals surface area contributed by atoms with Gasteiger partial charge >= 0.3 is 6.03 Å². The molecule has 0 heterocycles. The Morgan fingerprint density at radius 1 is 1.12 bits per heavy atom. The predicted octanol–water partition coefficient (Wildman–Crippen LogP) is 3.76. The van der Waals surface area contributed by atoms with Crippen LogP contribution in [0.3, 0.4) is 0 Å². The Bertz CT molecular complexity index is 778. The summed E-state index contributed by atoms with van der Waals surface area (Å²) in [5.74, 6) is -0.497. The Morgan fingerprint density at radius 3 is 2.50 bits per heavy atom. The van der Waals surface area contributed by atoms with E-state index in [0.717, 1.165) is 5.56 Å². The van der Waals surface area contributed by atoms with Gasteiger partial charge in [0.15, 0.2) is 0 Å². The first kappa shape index (κ1) is 18.1. The number of carbonyl (C=O) groups is 2. The molecule has 7 heteroatoms. The lowest BCUT2D eigenvalue weighted by Crippen LogP contribution is -2.30. The van der Waals surface area contributed by atoms with Crippen LogP contribution in [0.15, 0.2) is 36.4 Å². The van der Waals surface area contributed by atoms with Crippen molar-refractivity contribution in [2.45, 2.75) is 13.3 Å². The summed E-state index contributed by atoms with van der Waals surface area (Å²) in [6.45, 7) is 2.18. The predicted molar refractivity (Wildman–Crippen MR) is 96.9 cm³/mol. The largest absolute Gasteiger partial charge is 0.366 e. The molecule has 0 spiro atoms. The van der Waals surface area contributed by atoms with E-state index < -0.39 is 5.91 Å². The number of anilines is 1. The van der Waals surface area contributed by atoms with Crippen molar-refractivity contribution in [1.29, 1.82) is 0 Å². The van der Waals surface area contributed by atoms with E-state index in [2.05, 4.69) is 10.6 Å². The minimum absolute atomic E-state index is 0.341. The van der Waals surface area contributed by atoms with Crippen LogP contribution in [-0.2, 0) is 6.42 Å². The number of halogens is 2. The third-order valence-electron chi connectivity index (χ3n) is 3.44. The maximum absolute atomic E-state index is 11.9. The molecule has 2 aromatic rings. The molecule has 0 saturated carbocycles. The van der Waals surface area contributed by atoms with Gasteiger partial charge in [-0.15, -0.1) is 0 Å². The van der Waals surface area contributed by atoms with E-state index in [-0.39, 0.29) is 6.03 Å². The molecule has 0 aliphatic carbocycles. The summed E-state index contributed by atoms with van der Waals surface area (Å²) in [6.07, 6.45) is 0.586. The highest BCUT2D eigenvalue weighted by Crippen LogP contribution is 2.21. The molecule has 0 saturated heterocycles. The number of hydrogen-bond acceptors (Lipinski definition) is 2. The first-order valence-corrected chi connectivity index (χ1v) is 8.01. The SMILES string of the molecule is Cc1cc(NC(=O)NCCc2ccc(Cl)cc2Cl)ccc1C(N)=O. The van der Waals surface area contributed by atoms with Gasteiger partial charge in [0.1, 0.15) is 0 Å². The molecule has 0 aliphatic heterocycles. The zero-order chi connectivity index (χ0) is 17.7. The fourth-order valence-electron chi connectivity index (χ4n) is 2.23. The number of nitrogens with one attached hydrogen (secondary N) is 2. The zero-order valence-electron chi connectivity index (χ0n) is 13.0. The van der Waals surface area contributed by atoms with Crippen LogP contribution < -0.4 is 16.4 Å². The summed E-state index contributed by atoms with van der Waals surface area (Å²) in [7, 11) is 0. The Morgan fingerprint density at radius 2 is 1.88 bits per heavy atom. The van der Waals surface area contributed by atoms with Crippen LogP contribution in [0, 0.1) is 6.92 Å². The molecule has 0 aliphatic rings. The molecule has 0 unspecified atom stereocenters. The molecular formula is C17H17Cl2N3O2. The van der Waals surface area contributed by atoms with Crippen molar-refractivity contribution >= 4 is 40.8 Å². The van der Waals surface area contributed by atoms with Gasteiger partial charge in [-0.25, -0.2) is 4.79 Å². The maximum atomic E-state index is 11.9. The average molecular weight is 366 g/mol. The van der Waals surface area contributed by atoms with E-state index in [9.17, 15) is 9.59 Å². The molecule has 126 valence electrons. The second-order valence-electron chi connectivity index (χ2n) is 5.26. The lowest BCUT2D eigenvalue weighted by atomic mass is 10.1. The Hall–Kier alpha value is -2.24. The topological polar surface area (TPSA) is 84.2 Å². The minimum atomic E-state index is -0.497. The number of urea groups is 1. The van der Waals surface area contributed by atoms with Crippen molar-refractivity contribution in [2.75, 3.05) is 11.9 Å². The monoisotopic (exact) mass is 365 g/mol. The number of primary amides is 1. The van der Waals surface area contributed by atoms with Crippen molar-refractivity contribution in [3.8, 4) is 0 Å². The van der Waals surface area contributed by atoms with Crippen LogP contribution in [0.25, 0.3) is 0 Å². The van der Waals surface area contributed by atoms with Crippen LogP contribution in [-0.4, -0.2) is 18.5 Å². The van der Waals surface area contributed by atoms with Gasteiger partial charge in [-0.3, -0.25) is 4.79 Å². The molecule has 0 bridgehead atoms. The van der Waals surface area contributed by atoms with Gasteiger partial charge in [0.2, 0.25) is 5.91 Å². The number of amides is 3. The smallest absolute Gasteiger partial charge is 0.319 e. The average Bonchev–Trinajstić information content (AvgIpc) is 2.49. The number of carbonyl (C=O) groups excluding carboxylic acids is 2. The molecule has 3 amide bonds. The first-order chi connectivity index (χ1) is 11.4. The highest BCUT2D eigenvalue weighted by atomic mass is 35.5. The second kappa shape index (κ2) is 8.04. The third-order valence-corrected chi connectivity index (χ3v) is 4.03. The zero-order valence-corrected chi connectivity index (χ0v) is 14.5. The molecule has 0 atom stereocenters. The summed E-state index contributed by atoms with van der Waals surface area (Å²) in [5.41, 5.74) is 7.87. The van der Waals surface area contributed by atoms with Crippen LogP contribution in [0.1, 0.15) is 21.5 Å². The highest BCUT2D eigenvalue weighted by Gasteiger charge is 2.08. The van der Waals surface area contributed by atoms with Gasteiger partial charge in [-0.05, 0) is 54.8 Å². The van der Waals surface area contributed by atoms with Crippen molar-refractivity contribution < 1.29 is 9.59 Å². The van der Waals surface area contributed by atoms with Crippen molar-refractivity contribution in [1.82, 2.24) is 5.32 Å². The van der Waals surface area contributed by atoms with Gasteiger partial charge in [-0.1, -0.05) is 29.3 Å². The molecule has 0 fully saturated rings. The van der Waals surface area contributed by atoms with E-state index >= 15 is 0 Å². The summed E-state index contributed by atoms with van der Waals surface area (Å²) in [6, 6.07) is 9.81. The Balaban J connectivity index is 1.87. The third kappa shape index (κ3) is 4.88. The van der Waals surface area contributed by atoms with Crippen molar-refractivity contribution in [3.63, 3.8) is 0 Å². The van der Waals surface area contributed by atoms with Crippen LogP contribution in [0.4, 0.5) is 10.5 Å². The van der Waals surface area contributed by atoms with E-state index in [4.69, 9.17) is 28.9 Å². The molecule has 2 aromatic carbocycles. The Labute approximate surface area is 150 Å². The van der Waals surface area contributed by atoms with Gasteiger partial charge in [0.25, 0.3) is 0 Å². The highest BCUT2D eigenvalue weighted by molar-refractivity contribution is 6.35. The quantitative estimate of drug-likeness (QED) is 0.753. The van der Waals surface area contributed by atoms with E-state index in [1.54, 1.807) is 37.3 Å². The Kier molecular flexibility index (Phi) is 6.06. The van der Waals surface area contributed by atoms with Crippen LogP contribution >= 0.6 is 23.2 Å². The lowest BCUT2D eigenvalue weighted by molar-refractivity contribution is 0.0999. The van der Waals surface area contributed by atoms with Crippen LogP contribution in [0.2, 0.25) is 10.0 Å². The normalized spacial score (nSPS) is 10.3. The van der Waals surface area contributed by atoms with Gasteiger partial charge in [0, 0.05) is 27.8 Å². The fourth-order valence-corrected chi connectivity index (χ4v) is 2.73. The molecule has 0 aromatic heterocycles. The second-order valence-corrected chi connectivity index (χ2v) is 6.10. The number of benzene rings is 2. The summed E-state index contributed by atoms with van der Waals surface area (Å²) in [5, 5.41) is 6.59. The van der Waals surface area contributed by atoms with E-state index in [0.29, 0.717) is 39.8 Å². The van der Waals surface area contributed by atoms with Crippen molar-refractivity contribution in [3.05, 3.63) is 63.1 Å². The number of nitrogens with two attached hydrogens (primary N) is 1. The standard InChI is InChI=1S/C17H17Cl2N3O2/c1-10-8-13(4-5-14(10)16(20)23)22-17(24)21-7-6-11-2-3-12(18)9-15(11)19/h2-5,8-9H,6-7H2,1H3,(H2,20,23)(H2,21,22,24). The fraction of sp³-hybridized carbons (Fsp3) is 0.176. The van der Waals surface area contributed by atoms with E-state index in [1.807, 2.05) is 6.07 Å². The summed E-state index contributed by atoms with van der Waals surface area (Å²) < 4.78 is 0. The molecule has 24 heavy (non-hydrogen) atoms. The number of hydrogen-bond donors (Lipinski definition) is 3. The first-order valence-electron chi connectivity index (χ1n) is 7.26. The molecule has 4 N–H and O–H groups in total.